The molecule has 4 heterocycles. The molecule has 0 saturated carbocycles. The van der Waals surface area contributed by atoms with E-state index in [1.807, 2.05) is 60.9 Å². The summed E-state index contributed by atoms with van der Waals surface area (Å²) in [7, 11) is 1.69. The number of thiophene rings is 1. The largest absolute Gasteiger partial charge is 0.497 e. The number of methoxy groups -OCH3 is 1. The van der Waals surface area contributed by atoms with Crippen molar-refractivity contribution in [3.8, 4) is 17.1 Å². The Balaban J connectivity index is 1.09. The highest BCUT2D eigenvalue weighted by atomic mass is 32.1. The summed E-state index contributed by atoms with van der Waals surface area (Å²) in [5.74, 6) is -0.245. The average molecular weight is 681 g/mol. The molecule has 2 aliphatic heterocycles. The number of hydrogen-bond donors (Lipinski definition) is 1. The molecule has 2 aromatic carbocycles. The van der Waals surface area contributed by atoms with Crippen LogP contribution in [0.5, 0.6) is 5.75 Å². The predicted octanol–water partition coefficient (Wildman–Crippen LogP) is 6.87. The monoisotopic (exact) mass is 680 g/mol. The van der Waals surface area contributed by atoms with Crippen molar-refractivity contribution in [2.24, 2.45) is 11.8 Å². The fourth-order valence-electron chi connectivity index (χ4n) is 6.59. The second-order valence-corrected chi connectivity index (χ2v) is 15.3. The number of likely N-dealkylation sites (tertiary alicyclic amines) is 1. The number of rotatable bonds is 11. The van der Waals surface area contributed by atoms with Crippen molar-refractivity contribution in [3.05, 3.63) is 93.9 Å². The first-order valence-corrected chi connectivity index (χ1v) is 17.8. The Bertz CT molecular complexity index is 1770. The van der Waals surface area contributed by atoms with Crippen molar-refractivity contribution in [2.75, 3.05) is 38.2 Å². The van der Waals surface area contributed by atoms with Crippen molar-refractivity contribution in [1.82, 2.24) is 14.9 Å². The van der Waals surface area contributed by atoms with Crippen LogP contribution in [-0.2, 0) is 21.4 Å². The Morgan fingerprint density at radius 3 is 2.16 bits per heavy atom. The summed E-state index contributed by atoms with van der Waals surface area (Å²) in [6, 6.07) is 20.0. The quantitative estimate of drug-likeness (QED) is 0.171. The second-order valence-electron chi connectivity index (χ2n) is 14.2. The molecule has 1 N–H and O–H groups in total. The third-order valence-electron chi connectivity index (χ3n) is 9.72. The number of benzene rings is 2. The minimum atomic E-state index is -0.898. The van der Waals surface area contributed by atoms with Crippen LogP contribution in [-0.4, -0.2) is 70.9 Å². The predicted molar refractivity (Wildman–Crippen MR) is 192 cm³/mol. The molecule has 256 valence electrons. The van der Waals surface area contributed by atoms with E-state index < -0.39 is 17.8 Å². The fourth-order valence-corrected chi connectivity index (χ4v) is 7.60. The number of carbonyl (C=O) groups is 3. The lowest BCUT2D eigenvalue weighted by Gasteiger charge is -2.38. The molecule has 2 saturated heterocycles. The maximum Gasteiger partial charge on any atom is 0.310 e. The second kappa shape index (κ2) is 14.5. The molecule has 1 unspecified atom stereocenters. The molecular weight excluding hydrogens is 637 g/mol. The van der Waals surface area contributed by atoms with Gasteiger partial charge < -0.3 is 19.6 Å². The first-order chi connectivity index (χ1) is 23.5. The zero-order chi connectivity index (χ0) is 34.7. The van der Waals surface area contributed by atoms with Crippen LogP contribution in [0.2, 0.25) is 0 Å². The van der Waals surface area contributed by atoms with E-state index in [0.29, 0.717) is 23.0 Å². The van der Waals surface area contributed by atoms with Gasteiger partial charge in [0.2, 0.25) is 5.91 Å². The Labute approximate surface area is 292 Å². The van der Waals surface area contributed by atoms with E-state index in [4.69, 9.17) is 4.74 Å². The Morgan fingerprint density at radius 2 is 1.59 bits per heavy atom. The lowest BCUT2D eigenvalue weighted by molar-refractivity contribution is -0.154. The maximum absolute atomic E-state index is 13.5. The fraction of sp³-hybridized carbons (Fsp3) is 0.410. The van der Waals surface area contributed by atoms with Gasteiger partial charge in [-0.2, -0.15) is 0 Å². The third kappa shape index (κ3) is 8.02. The van der Waals surface area contributed by atoms with Crippen molar-refractivity contribution < 1.29 is 24.2 Å². The molecule has 1 atom stereocenters. The molecule has 6 rings (SSSR count). The Kier molecular flexibility index (Phi) is 10.2. The molecule has 0 spiro atoms. The van der Waals surface area contributed by atoms with Gasteiger partial charge >= 0.3 is 5.97 Å². The summed E-state index contributed by atoms with van der Waals surface area (Å²) < 4.78 is 5.30. The molecule has 10 heteroatoms. The first kappa shape index (κ1) is 34.3. The number of piperidine rings is 1. The molecule has 1 amide bonds. The molecular formula is C39H44N4O5S. The zero-order valence-corrected chi connectivity index (χ0v) is 29.4. The van der Waals surface area contributed by atoms with Crippen molar-refractivity contribution >= 4 is 34.7 Å². The number of ketones is 1. The minimum Gasteiger partial charge on any atom is -0.497 e. The van der Waals surface area contributed by atoms with Gasteiger partial charge in [0.05, 0.1) is 36.0 Å². The lowest BCUT2D eigenvalue weighted by Crippen LogP contribution is -2.55. The van der Waals surface area contributed by atoms with Crippen LogP contribution in [0.25, 0.3) is 11.4 Å². The van der Waals surface area contributed by atoms with Crippen LogP contribution >= 0.6 is 11.3 Å². The number of hydrogen-bond acceptors (Lipinski definition) is 8. The van der Waals surface area contributed by atoms with Crippen molar-refractivity contribution in [3.63, 3.8) is 0 Å². The smallest absolute Gasteiger partial charge is 0.310 e. The Morgan fingerprint density at radius 1 is 0.939 bits per heavy atom. The molecule has 2 fully saturated rings. The molecule has 9 nitrogen and oxygen atoms in total. The molecule has 4 aromatic rings. The van der Waals surface area contributed by atoms with E-state index in [1.54, 1.807) is 12.0 Å². The summed E-state index contributed by atoms with van der Waals surface area (Å²) in [5, 5.41) is 9.33. The molecule has 2 aliphatic rings. The Hall–Kier alpha value is -4.57. The lowest BCUT2D eigenvalue weighted by atomic mass is 9.89. The number of carboxylic acid groups (broad SMARTS) is 1. The highest BCUT2D eigenvalue weighted by Gasteiger charge is 2.39. The summed E-state index contributed by atoms with van der Waals surface area (Å²) >= 11 is 1.48. The molecule has 2 aromatic heterocycles. The topological polar surface area (TPSA) is 113 Å². The number of aromatic nitrogens is 2. The van der Waals surface area contributed by atoms with E-state index in [-0.39, 0.29) is 36.6 Å². The van der Waals surface area contributed by atoms with Crippen molar-refractivity contribution in [2.45, 2.75) is 57.8 Å². The summed E-state index contributed by atoms with van der Waals surface area (Å²) in [6.07, 6.45) is 6.35. The number of anilines is 1. The maximum atomic E-state index is 13.5. The molecule has 49 heavy (non-hydrogen) atoms. The number of ether oxygens (including phenoxy) is 1. The van der Waals surface area contributed by atoms with Crippen LogP contribution in [0.4, 0.5) is 5.69 Å². The van der Waals surface area contributed by atoms with Gasteiger partial charge in [-0.1, -0.05) is 57.2 Å². The van der Waals surface area contributed by atoms with E-state index in [0.717, 1.165) is 53.4 Å². The number of nitrogens with zero attached hydrogens (tertiary/aromatic N) is 4. The number of carboxylic acids is 1. The minimum absolute atomic E-state index is 0.0655. The molecule has 0 radical (unpaired) electrons. The van der Waals surface area contributed by atoms with Crippen LogP contribution in [0.3, 0.4) is 0 Å². The standard InChI is InChI=1S/C39H44N4O5S/c1-39(2,3)35-14-13-34(49-35)33(44)20-29(37(45)43-23-30(24-43)38(46)47)19-25-5-7-28(8-6-25)36-40-21-31(22-41-36)42-17-15-27(16-18-42)26-9-11-32(48-4)12-10-26/h5-14,21-22,27,29-30H,15-20,23-24H2,1-4H3,(H,46,47). The van der Waals surface area contributed by atoms with Gasteiger partial charge in [-0.05, 0) is 66.0 Å². The van der Waals surface area contributed by atoms with Crippen LogP contribution < -0.4 is 9.64 Å². The third-order valence-corrected chi connectivity index (χ3v) is 11.3. The summed E-state index contributed by atoms with van der Waals surface area (Å²) in [6.45, 7) is 8.57. The van der Waals surface area contributed by atoms with Gasteiger partial charge in [0, 0.05) is 49.0 Å². The van der Waals surface area contributed by atoms with Crippen LogP contribution in [0, 0.1) is 11.8 Å². The number of carbonyl (C=O) groups excluding carboxylic acids is 2. The molecule has 0 aliphatic carbocycles. The number of aliphatic carboxylic acids is 1. The first-order valence-electron chi connectivity index (χ1n) is 16.9. The zero-order valence-electron chi connectivity index (χ0n) is 28.6. The average Bonchev–Trinajstić information content (AvgIpc) is 3.60. The summed E-state index contributed by atoms with van der Waals surface area (Å²) in [4.78, 5) is 53.3. The highest BCUT2D eigenvalue weighted by Crippen LogP contribution is 2.33. The number of Topliss-reactive ketones (excluding diaryl/α,β-unsaturated/α-hetero) is 1. The van der Waals surface area contributed by atoms with Gasteiger partial charge in [0.1, 0.15) is 5.75 Å². The van der Waals surface area contributed by atoms with Gasteiger partial charge in [0.15, 0.2) is 11.6 Å². The van der Waals surface area contributed by atoms with Gasteiger partial charge in [-0.25, -0.2) is 9.97 Å². The SMILES string of the molecule is COc1ccc(C2CCN(c3cnc(-c4ccc(CC(CC(=O)c5ccc(C(C)(C)C)s5)C(=O)N5CC(C(=O)O)C5)cc4)nc3)CC2)cc1. The summed E-state index contributed by atoms with van der Waals surface area (Å²) in [5.41, 5.74) is 4.08. The van der Waals surface area contributed by atoms with E-state index in [1.165, 1.54) is 16.9 Å². The molecule has 0 bridgehead atoms. The van der Waals surface area contributed by atoms with E-state index >= 15 is 0 Å². The van der Waals surface area contributed by atoms with E-state index in [2.05, 4.69) is 47.8 Å². The van der Waals surface area contributed by atoms with Gasteiger partial charge in [0.25, 0.3) is 0 Å². The highest BCUT2D eigenvalue weighted by molar-refractivity contribution is 7.14. The van der Waals surface area contributed by atoms with Gasteiger partial charge in [-0.3, -0.25) is 14.4 Å². The number of amides is 1. The van der Waals surface area contributed by atoms with Crippen LogP contribution in [0.1, 0.15) is 71.6 Å². The normalized spacial score (nSPS) is 16.2. The van der Waals surface area contributed by atoms with E-state index in [9.17, 15) is 19.5 Å². The van der Waals surface area contributed by atoms with Crippen LogP contribution in [0.15, 0.2) is 73.1 Å². The van der Waals surface area contributed by atoms with Crippen molar-refractivity contribution in [1.29, 1.82) is 0 Å². The van der Waals surface area contributed by atoms with Gasteiger partial charge in [-0.15, -0.1) is 11.3 Å².